The Morgan fingerprint density at radius 2 is 0.850 bits per heavy atom. The van der Waals surface area contributed by atoms with E-state index in [4.69, 9.17) is 0 Å². The highest BCUT2D eigenvalue weighted by Crippen LogP contribution is 2.00. The summed E-state index contributed by atoms with van der Waals surface area (Å²) in [5.74, 6) is 0. The van der Waals surface area contributed by atoms with Crippen LogP contribution in [0.1, 0.15) is 11.1 Å². The molecule has 0 aliphatic rings. The van der Waals surface area contributed by atoms with Gasteiger partial charge in [-0.1, -0.05) is 48.6 Å². The van der Waals surface area contributed by atoms with E-state index >= 15 is 0 Å². The summed E-state index contributed by atoms with van der Waals surface area (Å²) in [4.78, 5) is 7.95. The summed E-state index contributed by atoms with van der Waals surface area (Å²) in [6, 6.07) is 7.88. The van der Waals surface area contributed by atoms with Gasteiger partial charge in [0.2, 0.25) is 0 Å². The first-order valence-electron chi connectivity index (χ1n) is 6.43. The SMILES string of the molecule is C(/C=C/C=C/c1ccncc1)=C\C=C\c1ccncc1. The van der Waals surface area contributed by atoms with Gasteiger partial charge in [-0.15, -0.1) is 0 Å². The molecule has 2 nitrogen and oxygen atoms in total. The summed E-state index contributed by atoms with van der Waals surface area (Å²) in [6.45, 7) is 0. The van der Waals surface area contributed by atoms with Crippen LogP contribution in [0, 0.1) is 0 Å². The summed E-state index contributed by atoms with van der Waals surface area (Å²) in [5, 5.41) is 0. The zero-order valence-corrected chi connectivity index (χ0v) is 11.1. The molecular formula is C18H16N2. The van der Waals surface area contributed by atoms with E-state index in [1.165, 1.54) is 0 Å². The Balaban J connectivity index is 1.77. The van der Waals surface area contributed by atoms with E-state index < -0.39 is 0 Å². The van der Waals surface area contributed by atoms with Gasteiger partial charge in [0.15, 0.2) is 0 Å². The Hall–Kier alpha value is -2.74. The van der Waals surface area contributed by atoms with Gasteiger partial charge in [0.05, 0.1) is 0 Å². The molecular weight excluding hydrogens is 244 g/mol. The molecule has 2 aromatic heterocycles. The van der Waals surface area contributed by atoms with Crippen molar-refractivity contribution in [2.75, 3.05) is 0 Å². The van der Waals surface area contributed by atoms with Crippen LogP contribution in [0.2, 0.25) is 0 Å². The molecule has 0 radical (unpaired) electrons. The highest BCUT2D eigenvalue weighted by atomic mass is 14.6. The summed E-state index contributed by atoms with van der Waals surface area (Å²) < 4.78 is 0. The number of aromatic nitrogens is 2. The minimum atomic E-state index is 1.14. The van der Waals surface area contributed by atoms with Gasteiger partial charge in [0.25, 0.3) is 0 Å². The lowest BCUT2D eigenvalue weighted by Gasteiger charge is -1.88. The molecule has 0 unspecified atom stereocenters. The molecule has 0 atom stereocenters. The van der Waals surface area contributed by atoms with Crippen LogP contribution in [-0.4, -0.2) is 9.97 Å². The Morgan fingerprint density at radius 3 is 1.25 bits per heavy atom. The lowest BCUT2D eigenvalue weighted by Crippen LogP contribution is -1.71. The maximum atomic E-state index is 3.97. The van der Waals surface area contributed by atoms with Crippen molar-refractivity contribution in [3.8, 4) is 0 Å². The average Bonchev–Trinajstić information content (AvgIpc) is 2.52. The summed E-state index contributed by atoms with van der Waals surface area (Å²) in [6.07, 6.45) is 23.2. The van der Waals surface area contributed by atoms with Crippen LogP contribution in [0.4, 0.5) is 0 Å². The van der Waals surface area contributed by atoms with E-state index in [1.807, 2.05) is 72.9 Å². The van der Waals surface area contributed by atoms with Crippen molar-refractivity contribution < 1.29 is 0 Å². The average molecular weight is 260 g/mol. The fourth-order valence-corrected chi connectivity index (χ4v) is 1.54. The lowest BCUT2D eigenvalue weighted by molar-refractivity contribution is 1.32. The van der Waals surface area contributed by atoms with Crippen LogP contribution in [0.5, 0.6) is 0 Å². The smallest absolute Gasteiger partial charge is 0.0273 e. The first-order valence-corrected chi connectivity index (χ1v) is 6.43. The summed E-state index contributed by atoms with van der Waals surface area (Å²) in [7, 11) is 0. The fourth-order valence-electron chi connectivity index (χ4n) is 1.54. The molecule has 0 saturated carbocycles. The topological polar surface area (TPSA) is 25.8 Å². The van der Waals surface area contributed by atoms with Crippen LogP contribution in [0.3, 0.4) is 0 Å². The van der Waals surface area contributed by atoms with E-state index in [9.17, 15) is 0 Å². The minimum absolute atomic E-state index is 1.14. The number of allylic oxidation sites excluding steroid dienone is 6. The van der Waals surface area contributed by atoms with E-state index in [-0.39, 0.29) is 0 Å². The second-order valence-electron chi connectivity index (χ2n) is 4.05. The molecule has 0 aromatic carbocycles. The number of rotatable bonds is 5. The predicted octanol–water partition coefficient (Wildman–Crippen LogP) is 4.32. The quantitative estimate of drug-likeness (QED) is 0.748. The second-order valence-corrected chi connectivity index (χ2v) is 4.05. The van der Waals surface area contributed by atoms with Crippen molar-refractivity contribution in [1.29, 1.82) is 0 Å². The highest BCUT2D eigenvalue weighted by molar-refractivity contribution is 5.51. The van der Waals surface area contributed by atoms with Gasteiger partial charge in [-0.3, -0.25) is 9.97 Å². The molecule has 20 heavy (non-hydrogen) atoms. The fraction of sp³-hybridized carbons (Fsp3) is 0. The molecule has 2 aromatic rings. The van der Waals surface area contributed by atoms with Gasteiger partial charge in [-0.05, 0) is 35.4 Å². The Bertz CT molecular complexity index is 551. The molecule has 2 heteroatoms. The van der Waals surface area contributed by atoms with Gasteiger partial charge in [0.1, 0.15) is 0 Å². The number of hydrogen-bond acceptors (Lipinski definition) is 2. The Morgan fingerprint density at radius 1 is 0.500 bits per heavy atom. The Labute approximate surface area is 119 Å². The van der Waals surface area contributed by atoms with Crippen molar-refractivity contribution >= 4 is 12.2 Å². The minimum Gasteiger partial charge on any atom is -0.265 e. The summed E-state index contributed by atoms with van der Waals surface area (Å²) in [5.41, 5.74) is 2.29. The first kappa shape index (κ1) is 13.7. The third-order valence-corrected chi connectivity index (χ3v) is 2.55. The monoisotopic (exact) mass is 260 g/mol. The van der Waals surface area contributed by atoms with Gasteiger partial charge in [-0.2, -0.15) is 0 Å². The molecule has 0 saturated heterocycles. The van der Waals surface area contributed by atoms with E-state index in [2.05, 4.69) is 9.97 Å². The van der Waals surface area contributed by atoms with Crippen molar-refractivity contribution in [3.63, 3.8) is 0 Å². The van der Waals surface area contributed by atoms with Gasteiger partial charge < -0.3 is 0 Å². The van der Waals surface area contributed by atoms with Crippen molar-refractivity contribution in [3.05, 3.63) is 96.6 Å². The van der Waals surface area contributed by atoms with Crippen molar-refractivity contribution in [1.82, 2.24) is 9.97 Å². The molecule has 2 heterocycles. The van der Waals surface area contributed by atoms with Gasteiger partial charge in [0, 0.05) is 24.8 Å². The standard InChI is InChI=1S/C18H16N2/c1(3-5-7-17-9-13-19-14-10-17)2-4-6-8-18-11-15-20-16-12-18/h1-16H/b3-1+,4-2+,7-5+,8-6+. The first-order chi connectivity index (χ1) is 9.95. The molecule has 0 spiro atoms. The van der Waals surface area contributed by atoms with Gasteiger partial charge in [-0.25, -0.2) is 0 Å². The van der Waals surface area contributed by atoms with E-state index in [1.54, 1.807) is 24.8 Å². The van der Waals surface area contributed by atoms with Crippen molar-refractivity contribution in [2.24, 2.45) is 0 Å². The zero-order chi connectivity index (χ0) is 13.9. The van der Waals surface area contributed by atoms with Crippen LogP contribution in [0.25, 0.3) is 12.2 Å². The zero-order valence-electron chi connectivity index (χ0n) is 11.1. The third-order valence-electron chi connectivity index (χ3n) is 2.55. The van der Waals surface area contributed by atoms with Crippen molar-refractivity contribution in [2.45, 2.75) is 0 Å². The molecule has 0 bridgehead atoms. The largest absolute Gasteiger partial charge is 0.265 e. The number of nitrogens with zero attached hydrogens (tertiary/aromatic N) is 2. The van der Waals surface area contributed by atoms with Crippen LogP contribution < -0.4 is 0 Å². The predicted molar refractivity (Wildman–Crippen MR) is 84.8 cm³/mol. The molecule has 0 aliphatic heterocycles. The molecule has 2 rings (SSSR count). The van der Waals surface area contributed by atoms with Crippen LogP contribution in [-0.2, 0) is 0 Å². The normalized spacial score (nSPS) is 12.2. The maximum absolute atomic E-state index is 3.97. The maximum Gasteiger partial charge on any atom is 0.0273 e. The lowest BCUT2D eigenvalue weighted by atomic mass is 10.2. The number of pyridine rings is 2. The molecule has 0 amide bonds. The third kappa shape index (κ3) is 5.27. The Kier molecular flexibility index (Phi) is 5.73. The number of hydrogen-bond donors (Lipinski definition) is 0. The van der Waals surface area contributed by atoms with E-state index in [0.717, 1.165) is 11.1 Å². The van der Waals surface area contributed by atoms with Crippen LogP contribution >= 0.6 is 0 Å². The molecule has 0 fully saturated rings. The molecule has 0 N–H and O–H groups in total. The molecule has 98 valence electrons. The second kappa shape index (κ2) is 8.38. The highest BCUT2D eigenvalue weighted by Gasteiger charge is 1.81. The van der Waals surface area contributed by atoms with Gasteiger partial charge >= 0.3 is 0 Å². The molecule has 0 aliphatic carbocycles. The summed E-state index contributed by atoms with van der Waals surface area (Å²) >= 11 is 0. The van der Waals surface area contributed by atoms with Crippen LogP contribution in [0.15, 0.2) is 85.5 Å². The van der Waals surface area contributed by atoms with E-state index in [0.29, 0.717) is 0 Å².